The topological polar surface area (TPSA) is 25.8 Å². The highest BCUT2D eigenvalue weighted by molar-refractivity contribution is 6.28. The lowest BCUT2D eigenvalue weighted by Gasteiger charge is -2.18. The van der Waals surface area contributed by atoms with Crippen LogP contribution in [-0.2, 0) is 0 Å². The van der Waals surface area contributed by atoms with Crippen LogP contribution in [0.5, 0.6) is 0 Å². The minimum absolute atomic E-state index is 0.983. The van der Waals surface area contributed by atoms with Gasteiger partial charge in [-0.2, -0.15) is 0 Å². The number of pyridine rings is 2. The van der Waals surface area contributed by atoms with Crippen LogP contribution < -0.4 is 0 Å². The highest BCUT2D eigenvalue weighted by atomic mass is 14.7. The number of aromatic nitrogens is 2. The maximum Gasteiger partial charge on any atom is 0.0709 e. The quantitative estimate of drug-likeness (QED) is 0.201. The summed E-state index contributed by atoms with van der Waals surface area (Å²) in [5.41, 5.74) is 10.1. The van der Waals surface area contributed by atoms with Crippen molar-refractivity contribution in [2.45, 2.75) is 0 Å². The molecule has 0 N–H and O–H groups in total. The Morgan fingerprint density at radius 3 is 1.59 bits per heavy atom. The van der Waals surface area contributed by atoms with Gasteiger partial charge < -0.3 is 0 Å². The number of rotatable bonds is 4. The predicted octanol–water partition coefficient (Wildman–Crippen LogP) is 11.2. The van der Waals surface area contributed by atoms with Gasteiger partial charge in [-0.15, -0.1) is 0 Å². The van der Waals surface area contributed by atoms with Crippen molar-refractivity contribution in [3.63, 3.8) is 0 Å². The van der Waals surface area contributed by atoms with Crippen LogP contribution >= 0.6 is 0 Å². The molecule has 2 heteroatoms. The summed E-state index contributed by atoms with van der Waals surface area (Å²) in [5, 5.41) is 8.89. The maximum absolute atomic E-state index is 4.93. The van der Waals surface area contributed by atoms with E-state index >= 15 is 0 Å². The lowest BCUT2D eigenvalue weighted by atomic mass is 9.85. The SMILES string of the molecule is c1ccc(-c2ccc(-c3cc(-c4ccc(-c5ccc6ccccc6n5)cc4)c4ccc5cccc6ccc3c4c65)cc2)nc1. The zero-order chi connectivity index (χ0) is 29.0. The Hall–Kier alpha value is -5.86. The third-order valence-corrected chi connectivity index (χ3v) is 8.89. The maximum atomic E-state index is 4.93. The average Bonchev–Trinajstić information content (AvgIpc) is 3.11. The van der Waals surface area contributed by atoms with Gasteiger partial charge in [-0.05, 0) is 84.9 Å². The van der Waals surface area contributed by atoms with E-state index in [-0.39, 0.29) is 0 Å². The average molecular weight is 559 g/mol. The van der Waals surface area contributed by atoms with E-state index in [2.05, 4.69) is 138 Å². The van der Waals surface area contributed by atoms with Gasteiger partial charge in [0.25, 0.3) is 0 Å². The minimum Gasteiger partial charge on any atom is -0.256 e. The zero-order valence-electron chi connectivity index (χ0n) is 23.9. The molecule has 0 aliphatic heterocycles. The number of benzene rings is 7. The van der Waals surface area contributed by atoms with Gasteiger partial charge in [0.2, 0.25) is 0 Å². The molecule has 0 aliphatic rings. The molecule has 0 bridgehead atoms. The van der Waals surface area contributed by atoms with Crippen LogP contribution in [0.15, 0.2) is 158 Å². The Kier molecular flexibility index (Phi) is 5.54. The molecule has 0 atom stereocenters. The molecule has 0 unspecified atom stereocenters. The van der Waals surface area contributed by atoms with Crippen LogP contribution in [0.4, 0.5) is 0 Å². The van der Waals surface area contributed by atoms with E-state index in [1.165, 1.54) is 54.6 Å². The van der Waals surface area contributed by atoms with Crippen LogP contribution in [0.2, 0.25) is 0 Å². The lowest BCUT2D eigenvalue weighted by molar-refractivity contribution is 1.33. The molecule has 2 nitrogen and oxygen atoms in total. The fourth-order valence-electron chi connectivity index (χ4n) is 6.71. The summed E-state index contributed by atoms with van der Waals surface area (Å²) in [7, 11) is 0. The third kappa shape index (κ3) is 3.96. The van der Waals surface area contributed by atoms with Crippen molar-refractivity contribution in [3.8, 4) is 44.8 Å². The van der Waals surface area contributed by atoms with Crippen LogP contribution in [0.3, 0.4) is 0 Å². The first-order valence-corrected chi connectivity index (χ1v) is 15.0. The second-order valence-corrected chi connectivity index (χ2v) is 11.4. The molecule has 9 aromatic rings. The Morgan fingerprint density at radius 1 is 0.364 bits per heavy atom. The molecule has 0 spiro atoms. The molecule has 204 valence electrons. The van der Waals surface area contributed by atoms with Gasteiger partial charge >= 0.3 is 0 Å². The molecule has 44 heavy (non-hydrogen) atoms. The number of fused-ring (bicyclic) bond motifs is 1. The molecule has 0 fully saturated rings. The second kappa shape index (κ2) is 9.86. The van der Waals surface area contributed by atoms with E-state index in [0.29, 0.717) is 0 Å². The van der Waals surface area contributed by atoms with Crippen molar-refractivity contribution in [3.05, 3.63) is 158 Å². The molecule has 2 heterocycles. The molecule has 0 saturated heterocycles. The highest BCUT2D eigenvalue weighted by Crippen LogP contribution is 2.44. The summed E-state index contributed by atoms with van der Waals surface area (Å²) in [6.45, 7) is 0. The smallest absolute Gasteiger partial charge is 0.0709 e. The molecule has 0 amide bonds. The van der Waals surface area contributed by atoms with E-state index in [1.807, 2.05) is 24.4 Å². The van der Waals surface area contributed by atoms with Crippen molar-refractivity contribution < 1.29 is 0 Å². The van der Waals surface area contributed by atoms with Gasteiger partial charge in [0.1, 0.15) is 0 Å². The second-order valence-electron chi connectivity index (χ2n) is 11.4. The normalized spacial score (nSPS) is 11.6. The lowest BCUT2D eigenvalue weighted by Crippen LogP contribution is -1.91. The van der Waals surface area contributed by atoms with Gasteiger partial charge in [-0.1, -0.05) is 121 Å². The van der Waals surface area contributed by atoms with Crippen molar-refractivity contribution >= 4 is 43.2 Å². The molecule has 2 aromatic heterocycles. The number of hydrogen-bond acceptors (Lipinski definition) is 2. The van der Waals surface area contributed by atoms with Gasteiger partial charge in [-0.3, -0.25) is 4.98 Å². The Bertz CT molecular complexity index is 2440. The zero-order valence-corrected chi connectivity index (χ0v) is 23.9. The fraction of sp³-hybridized carbons (Fsp3) is 0. The van der Waals surface area contributed by atoms with Crippen molar-refractivity contribution in [2.75, 3.05) is 0 Å². The van der Waals surface area contributed by atoms with Gasteiger partial charge in [0.15, 0.2) is 0 Å². The Labute approximate surface area is 255 Å². The summed E-state index contributed by atoms with van der Waals surface area (Å²) in [5.74, 6) is 0. The summed E-state index contributed by atoms with van der Waals surface area (Å²) in [4.78, 5) is 9.48. The van der Waals surface area contributed by atoms with E-state index in [9.17, 15) is 0 Å². The van der Waals surface area contributed by atoms with Crippen LogP contribution in [0.1, 0.15) is 0 Å². The van der Waals surface area contributed by atoms with Crippen molar-refractivity contribution in [1.82, 2.24) is 9.97 Å². The van der Waals surface area contributed by atoms with Crippen LogP contribution in [0, 0.1) is 0 Å². The number of nitrogens with zero attached hydrogens (tertiary/aromatic N) is 2. The monoisotopic (exact) mass is 558 g/mol. The molecule has 0 radical (unpaired) electrons. The summed E-state index contributed by atoms with van der Waals surface area (Å²) in [6.07, 6.45) is 1.85. The Morgan fingerprint density at radius 2 is 0.932 bits per heavy atom. The summed E-state index contributed by atoms with van der Waals surface area (Å²) >= 11 is 0. The largest absolute Gasteiger partial charge is 0.256 e. The predicted molar refractivity (Wildman–Crippen MR) is 185 cm³/mol. The first-order valence-electron chi connectivity index (χ1n) is 15.0. The van der Waals surface area contributed by atoms with Gasteiger partial charge in [0.05, 0.1) is 16.9 Å². The standard InChI is InChI=1S/C42H26N2/c1-2-10-39-29(6-1)21-24-40(44-39)31-17-13-28(14-18-31)37-26-36(27-11-15-30(16-12-27)38-9-3-4-25-43-38)34-22-19-32-7-5-8-33-20-23-35(37)42(34)41(32)33/h1-26H. The molecular formula is C42H26N2. The van der Waals surface area contributed by atoms with Crippen molar-refractivity contribution in [1.29, 1.82) is 0 Å². The first kappa shape index (κ1) is 24.7. The van der Waals surface area contributed by atoms with E-state index in [4.69, 9.17) is 4.98 Å². The molecule has 9 rings (SSSR count). The summed E-state index contributed by atoms with van der Waals surface area (Å²) in [6, 6.07) is 54.4. The van der Waals surface area contributed by atoms with E-state index in [0.717, 1.165) is 33.4 Å². The van der Waals surface area contributed by atoms with Crippen molar-refractivity contribution in [2.24, 2.45) is 0 Å². The van der Waals surface area contributed by atoms with Crippen LogP contribution in [0.25, 0.3) is 88.0 Å². The first-order chi connectivity index (χ1) is 21.8. The number of hydrogen-bond donors (Lipinski definition) is 0. The molecular weight excluding hydrogens is 532 g/mol. The fourth-order valence-corrected chi connectivity index (χ4v) is 6.71. The number of para-hydroxylation sites is 1. The minimum atomic E-state index is 0.983. The Balaban J connectivity index is 1.23. The molecule has 7 aromatic carbocycles. The molecule has 0 aliphatic carbocycles. The molecule has 0 saturated carbocycles. The summed E-state index contributed by atoms with van der Waals surface area (Å²) < 4.78 is 0. The highest BCUT2D eigenvalue weighted by Gasteiger charge is 2.17. The third-order valence-electron chi connectivity index (χ3n) is 8.89. The van der Waals surface area contributed by atoms with Gasteiger partial charge in [0, 0.05) is 22.7 Å². The van der Waals surface area contributed by atoms with Crippen LogP contribution in [-0.4, -0.2) is 9.97 Å². The van der Waals surface area contributed by atoms with E-state index < -0.39 is 0 Å². The van der Waals surface area contributed by atoms with Gasteiger partial charge in [-0.25, -0.2) is 4.98 Å². The van der Waals surface area contributed by atoms with E-state index in [1.54, 1.807) is 0 Å².